The first kappa shape index (κ1) is 33.4. The summed E-state index contributed by atoms with van der Waals surface area (Å²) in [4.78, 5) is 62.1. The van der Waals surface area contributed by atoms with Crippen molar-refractivity contribution in [2.75, 3.05) is 13.7 Å². The van der Waals surface area contributed by atoms with Crippen LogP contribution in [0.2, 0.25) is 0 Å². The van der Waals surface area contributed by atoms with Crippen LogP contribution in [0.15, 0.2) is 91.1 Å². The van der Waals surface area contributed by atoms with Crippen LogP contribution in [0.3, 0.4) is 0 Å². The molecule has 3 amide bonds. The van der Waals surface area contributed by atoms with Gasteiger partial charge in [0.15, 0.2) is 5.82 Å². The van der Waals surface area contributed by atoms with Crippen molar-refractivity contribution in [2.45, 2.75) is 63.1 Å². The number of hydrogen-bond acceptors (Lipinski definition) is 9. The summed E-state index contributed by atoms with van der Waals surface area (Å²) in [5.74, 6) is -3.27. The molecule has 2 N–H and O–H groups in total. The van der Waals surface area contributed by atoms with Gasteiger partial charge in [0.1, 0.15) is 23.6 Å². The number of H-pyrrole nitrogens is 1. The molecule has 4 aromatic rings. The number of carbonyl (C=O) groups is 4. The zero-order valence-electron chi connectivity index (χ0n) is 27.1. The van der Waals surface area contributed by atoms with Gasteiger partial charge in [0.05, 0.1) is 26.7 Å². The maximum Gasteiger partial charge on any atom is 0.309 e. The molecule has 0 bridgehead atoms. The molecule has 2 aliphatic heterocycles. The monoisotopic (exact) mass is 666 g/mol. The standard InChI is InChI=1S/C37H38N4O8/c1-46-28-17-15-25(16-18-28)11-8-12-27-22-38-33(39-27)35(44)41-23-30(48-29-13-6-3-7-14-29)21-31(41)34(43)40-36(45)37(20-19-32(42)49-37)47-24-26-9-4-2-5-10-26/h2-7,9-10,13-18,22,30-31H,8,11-12,19-21,23-24H2,1H3,(H,38,39)(H,40,43,45)/t30-,31?,37-/m1/s1. The molecule has 49 heavy (non-hydrogen) atoms. The molecule has 2 fully saturated rings. The van der Waals surface area contributed by atoms with Gasteiger partial charge in [-0.1, -0.05) is 60.7 Å². The van der Waals surface area contributed by atoms with Gasteiger partial charge in [-0.2, -0.15) is 0 Å². The van der Waals surface area contributed by atoms with Crippen LogP contribution < -0.4 is 14.8 Å². The molecule has 3 atom stereocenters. The molecule has 254 valence electrons. The maximum absolute atomic E-state index is 13.8. The number of aryl methyl sites for hydroxylation is 2. The summed E-state index contributed by atoms with van der Waals surface area (Å²) in [6.45, 7) is 0.0653. The van der Waals surface area contributed by atoms with Gasteiger partial charge in [-0.25, -0.2) is 4.98 Å². The van der Waals surface area contributed by atoms with E-state index in [1.165, 1.54) is 10.5 Å². The molecule has 12 heteroatoms. The number of rotatable bonds is 13. The van der Waals surface area contributed by atoms with E-state index < -0.39 is 41.6 Å². The average Bonchev–Trinajstić information content (AvgIpc) is 3.88. The Kier molecular flexibility index (Phi) is 10.3. The second kappa shape index (κ2) is 15.2. The highest BCUT2D eigenvalue weighted by molar-refractivity contribution is 6.04. The Morgan fingerprint density at radius 2 is 1.69 bits per heavy atom. The minimum absolute atomic E-state index is 0.0162. The first-order valence-electron chi connectivity index (χ1n) is 16.3. The van der Waals surface area contributed by atoms with Crippen LogP contribution in [0, 0.1) is 0 Å². The van der Waals surface area contributed by atoms with Crippen molar-refractivity contribution < 1.29 is 38.1 Å². The molecule has 1 aromatic heterocycles. The van der Waals surface area contributed by atoms with Crippen molar-refractivity contribution in [3.8, 4) is 11.5 Å². The first-order valence-corrected chi connectivity index (χ1v) is 16.3. The van der Waals surface area contributed by atoms with Gasteiger partial charge in [0.2, 0.25) is 5.91 Å². The predicted octanol–water partition coefficient (Wildman–Crippen LogP) is 4.15. The lowest BCUT2D eigenvalue weighted by Gasteiger charge is -2.28. The summed E-state index contributed by atoms with van der Waals surface area (Å²) in [6, 6.07) is 25.0. The highest BCUT2D eigenvalue weighted by Gasteiger charge is 2.51. The predicted molar refractivity (Wildman–Crippen MR) is 176 cm³/mol. The van der Waals surface area contributed by atoms with E-state index in [0.29, 0.717) is 12.2 Å². The number of esters is 1. The molecule has 2 aliphatic rings. The van der Waals surface area contributed by atoms with E-state index in [-0.39, 0.29) is 38.2 Å². The summed E-state index contributed by atoms with van der Waals surface area (Å²) in [7, 11) is 1.63. The van der Waals surface area contributed by atoms with Gasteiger partial charge < -0.3 is 28.8 Å². The number of benzene rings is 3. The zero-order valence-corrected chi connectivity index (χ0v) is 27.1. The number of nitrogens with one attached hydrogen (secondary N) is 2. The van der Waals surface area contributed by atoms with Gasteiger partial charge in [0, 0.05) is 24.7 Å². The topological polar surface area (TPSA) is 149 Å². The van der Waals surface area contributed by atoms with Crippen molar-refractivity contribution in [3.05, 3.63) is 114 Å². The number of para-hydroxylation sites is 1. The fourth-order valence-corrected chi connectivity index (χ4v) is 6.00. The average molecular weight is 667 g/mol. The fourth-order valence-electron chi connectivity index (χ4n) is 6.00. The molecule has 12 nitrogen and oxygen atoms in total. The van der Waals surface area contributed by atoms with Crippen LogP contribution in [0.25, 0.3) is 0 Å². The fraction of sp³-hybridized carbons (Fsp3) is 0.324. The Labute approximate surface area is 283 Å². The van der Waals surface area contributed by atoms with Crippen LogP contribution in [-0.2, 0) is 43.3 Å². The molecule has 0 spiro atoms. The molecule has 6 rings (SSSR count). The quantitative estimate of drug-likeness (QED) is 0.159. The van der Waals surface area contributed by atoms with Gasteiger partial charge in [-0.05, 0) is 54.7 Å². The Bertz CT molecular complexity index is 1760. The molecular formula is C37H38N4O8. The number of likely N-dealkylation sites (tertiary alicyclic amines) is 1. The molecule has 0 aliphatic carbocycles. The second-order valence-corrected chi connectivity index (χ2v) is 12.0. The summed E-state index contributed by atoms with van der Waals surface area (Å²) >= 11 is 0. The number of amides is 3. The lowest BCUT2D eigenvalue weighted by molar-refractivity contribution is -0.217. The second-order valence-electron chi connectivity index (χ2n) is 12.0. The maximum atomic E-state index is 13.8. The van der Waals surface area contributed by atoms with Gasteiger partial charge >= 0.3 is 5.97 Å². The normalized spacial score (nSPS) is 20.1. The number of imidazole rings is 1. The van der Waals surface area contributed by atoms with Crippen LogP contribution in [0.1, 0.15) is 53.1 Å². The van der Waals surface area contributed by atoms with Gasteiger partial charge in [-0.15, -0.1) is 0 Å². The van der Waals surface area contributed by atoms with Crippen LogP contribution in [-0.4, -0.2) is 70.1 Å². The van der Waals surface area contributed by atoms with Crippen molar-refractivity contribution in [1.29, 1.82) is 0 Å². The van der Waals surface area contributed by atoms with Gasteiger partial charge in [0.25, 0.3) is 17.6 Å². The highest BCUT2D eigenvalue weighted by atomic mass is 16.7. The van der Waals surface area contributed by atoms with E-state index in [9.17, 15) is 19.2 Å². The largest absolute Gasteiger partial charge is 0.497 e. The minimum atomic E-state index is -1.97. The van der Waals surface area contributed by atoms with E-state index >= 15 is 0 Å². The highest BCUT2D eigenvalue weighted by Crippen LogP contribution is 2.31. The van der Waals surface area contributed by atoms with Crippen LogP contribution in [0.5, 0.6) is 11.5 Å². The third kappa shape index (κ3) is 8.15. The van der Waals surface area contributed by atoms with E-state index in [1.807, 2.05) is 72.8 Å². The van der Waals surface area contributed by atoms with Crippen molar-refractivity contribution in [1.82, 2.24) is 20.2 Å². The summed E-state index contributed by atoms with van der Waals surface area (Å²) in [5.41, 5.74) is 2.71. The third-order valence-corrected chi connectivity index (χ3v) is 8.61. The van der Waals surface area contributed by atoms with Crippen LogP contribution in [0.4, 0.5) is 0 Å². The number of aromatic nitrogens is 2. The summed E-state index contributed by atoms with van der Waals surface area (Å²) in [6.07, 6.45) is 3.42. The number of methoxy groups -OCH3 is 1. The van der Waals surface area contributed by atoms with E-state index in [1.54, 1.807) is 25.4 Å². The number of aromatic amines is 1. The number of nitrogens with zero attached hydrogens (tertiary/aromatic N) is 2. The zero-order chi connectivity index (χ0) is 34.2. The van der Waals surface area contributed by atoms with Gasteiger partial charge in [-0.3, -0.25) is 24.5 Å². The Morgan fingerprint density at radius 3 is 2.39 bits per heavy atom. The SMILES string of the molecule is COc1ccc(CCCc2cnc(C(=O)N3C[C@H](Oc4ccccc4)CC3C(=O)NC(=O)[C@@]3(OCc4ccccc4)CCC(=O)O3)[nH]2)cc1. The van der Waals surface area contributed by atoms with Crippen molar-refractivity contribution in [3.63, 3.8) is 0 Å². The lowest BCUT2D eigenvalue weighted by atomic mass is 10.1. The number of cyclic esters (lactones) is 1. The molecule has 3 heterocycles. The molecular weight excluding hydrogens is 628 g/mol. The van der Waals surface area contributed by atoms with Crippen LogP contribution >= 0.6 is 0 Å². The molecule has 0 saturated carbocycles. The van der Waals surface area contributed by atoms with E-state index in [2.05, 4.69) is 15.3 Å². The number of hydrogen-bond donors (Lipinski definition) is 2. The van der Waals surface area contributed by atoms with E-state index in [4.69, 9.17) is 18.9 Å². The molecule has 2 saturated heterocycles. The molecule has 3 aromatic carbocycles. The molecule has 1 unspecified atom stereocenters. The van der Waals surface area contributed by atoms with Crippen molar-refractivity contribution >= 4 is 23.7 Å². The Hall–Kier alpha value is -5.49. The number of imide groups is 1. The summed E-state index contributed by atoms with van der Waals surface area (Å²) < 4.78 is 22.6. The first-order chi connectivity index (χ1) is 23.8. The lowest BCUT2D eigenvalue weighted by Crippen LogP contribution is -2.55. The number of ether oxygens (including phenoxy) is 4. The van der Waals surface area contributed by atoms with Crippen molar-refractivity contribution in [2.24, 2.45) is 0 Å². The molecule has 0 radical (unpaired) electrons. The van der Waals surface area contributed by atoms with E-state index in [0.717, 1.165) is 29.8 Å². The minimum Gasteiger partial charge on any atom is -0.497 e. The Balaban J connectivity index is 1.14. The summed E-state index contributed by atoms with van der Waals surface area (Å²) in [5, 5.41) is 2.37. The third-order valence-electron chi connectivity index (χ3n) is 8.61. The smallest absolute Gasteiger partial charge is 0.309 e. The Morgan fingerprint density at radius 1 is 0.959 bits per heavy atom. The number of carbonyl (C=O) groups excluding carboxylic acids is 4.